The van der Waals surface area contributed by atoms with Crippen molar-refractivity contribution >= 4 is 39.9 Å². The maximum Gasteiger partial charge on any atom is 0.350 e. The summed E-state index contributed by atoms with van der Waals surface area (Å²) in [5.41, 5.74) is 0.861. The van der Waals surface area contributed by atoms with Crippen LogP contribution in [0.1, 0.15) is 66.1 Å². The van der Waals surface area contributed by atoms with Gasteiger partial charge in [-0.05, 0) is 61.2 Å². The molecule has 3 aromatic rings. The molecular formula is C30H31FN2O6S. The van der Waals surface area contributed by atoms with E-state index in [1.807, 2.05) is 13.8 Å². The second kappa shape index (κ2) is 12.4. The van der Waals surface area contributed by atoms with Gasteiger partial charge in [-0.2, -0.15) is 0 Å². The molecule has 8 nitrogen and oxygen atoms in total. The number of aliphatic hydroxyl groups is 1. The fourth-order valence-corrected chi connectivity index (χ4v) is 5.16. The summed E-state index contributed by atoms with van der Waals surface area (Å²) in [5, 5.41) is 11.4. The van der Waals surface area contributed by atoms with Crippen LogP contribution in [0.25, 0.3) is 5.76 Å². The minimum Gasteiger partial charge on any atom is -0.507 e. The Morgan fingerprint density at radius 3 is 2.42 bits per heavy atom. The number of hydrogen-bond acceptors (Lipinski definition) is 8. The normalized spacial score (nSPS) is 16.6. The van der Waals surface area contributed by atoms with Crippen LogP contribution >= 0.6 is 11.3 Å². The summed E-state index contributed by atoms with van der Waals surface area (Å²) in [7, 11) is 0. The van der Waals surface area contributed by atoms with Crippen LogP contribution in [0, 0.1) is 18.7 Å². The molecule has 0 radical (unpaired) electrons. The predicted octanol–water partition coefficient (Wildman–Crippen LogP) is 6.21. The van der Waals surface area contributed by atoms with Crippen LogP contribution in [0.4, 0.5) is 9.52 Å². The molecule has 10 heteroatoms. The Balaban J connectivity index is 1.77. The van der Waals surface area contributed by atoms with Gasteiger partial charge in [-0.3, -0.25) is 14.5 Å². The number of rotatable bonds is 10. The van der Waals surface area contributed by atoms with E-state index in [4.69, 9.17) is 9.47 Å². The van der Waals surface area contributed by atoms with Crippen molar-refractivity contribution in [2.75, 3.05) is 18.1 Å². The molecule has 2 aromatic carbocycles. The van der Waals surface area contributed by atoms with E-state index in [1.54, 1.807) is 31.2 Å². The van der Waals surface area contributed by atoms with Gasteiger partial charge >= 0.3 is 11.9 Å². The number of hydrogen-bond donors (Lipinski definition) is 1. The maximum absolute atomic E-state index is 13.8. The van der Waals surface area contributed by atoms with Crippen LogP contribution in [-0.2, 0) is 14.3 Å². The molecule has 0 bridgehead atoms. The quantitative estimate of drug-likeness (QED) is 0.102. The molecule has 0 unspecified atom stereocenters. The molecule has 0 aliphatic carbocycles. The topological polar surface area (TPSA) is 106 Å². The first-order chi connectivity index (χ1) is 19.1. The number of ether oxygens (including phenoxy) is 2. The Bertz CT molecular complexity index is 1430. The van der Waals surface area contributed by atoms with Crippen LogP contribution in [0.15, 0.2) is 54.1 Å². The van der Waals surface area contributed by atoms with E-state index in [2.05, 4.69) is 11.9 Å². The zero-order chi connectivity index (χ0) is 29.0. The van der Waals surface area contributed by atoms with Gasteiger partial charge in [-0.25, -0.2) is 14.2 Å². The van der Waals surface area contributed by atoms with Gasteiger partial charge in [0.2, 0.25) is 0 Å². The molecule has 210 valence electrons. The van der Waals surface area contributed by atoms with E-state index in [0.29, 0.717) is 29.2 Å². The number of aryl methyl sites for hydroxylation is 1. The van der Waals surface area contributed by atoms with Crippen molar-refractivity contribution in [3.05, 3.63) is 81.6 Å². The number of amides is 1. The summed E-state index contributed by atoms with van der Waals surface area (Å²) in [6.07, 6.45) is 1.89. The van der Waals surface area contributed by atoms with Gasteiger partial charge in [0.25, 0.3) is 5.78 Å². The zero-order valence-corrected chi connectivity index (χ0v) is 23.6. The number of aromatic nitrogens is 1. The van der Waals surface area contributed by atoms with Crippen molar-refractivity contribution in [2.45, 2.75) is 46.6 Å². The molecule has 0 spiro atoms. The van der Waals surface area contributed by atoms with Crippen LogP contribution < -0.4 is 9.64 Å². The van der Waals surface area contributed by atoms with Gasteiger partial charge < -0.3 is 14.6 Å². The number of carbonyl (C=O) groups excluding carboxylic acids is 3. The predicted molar refractivity (Wildman–Crippen MR) is 150 cm³/mol. The first-order valence-corrected chi connectivity index (χ1v) is 13.9. The van der Waals surface area contributed by atoms with Gasteiger partial charge in [0, 0.05) is 5.56 Å². The number of aliphatic hydroxyl groups excluding tert-OH is 1. The molecular weight excluding hydrogens is 535 g/mol. The Labute approximate surface area is 236 Å². The highest BCUT2D eigenvalue weighted by Crippen LogP contribution is 2.44. The highest BCUT2D eigenvalue weighted by atomic mass is 32.1. The van der Waals surface area contributed by atoms with Crippen molar-refractivity contribution in [2.24, 2.45) is 5.92 Å². The van der Waals surface area contributed by atoms with E-state index in [1.165, 1.54) is 24.3 Å². The van der Waals surface area contributed by atoms with E-state index in [0.717, 1.165) is 29.1 Å². The van der Waals surface area contributed by atoms with E-state index in [-0.39, 0.29) is 33.9 Å². The summed E-state index contributed by atoms with van der Waals surface area (Å²) in [6.45, 7) is 8.26. The fraction of sp³-hybridized carbons (Fsp3) is 0.333. The number of Topliss-reactive ketones (excluding diaryl/α,β-unsaturated/α-hetero) is 1. The van der Waals surface area contributed by atoms with E-state index >= 15 is 0 Å². The molecule has 4 rings (SSSR count). The van der Waals surface area contributed by atoms with Crippen molar-refractivity contribution in [3.8, 4) is 5.75 Å². The van der Waals surface area contributed by atoms with Gasteiger partial charge in [0.15, 0.2) is 5.13 Å². The van der Waals surface area contributed by atoms with Gasteiger partial charge in [0.05, 0.1) is 30.5 Å². The van der Waals surface area contributed by atoms with Gasteiger partial charge in [-0.1, -0.05) is 50.7 Å². The Morgan fingerprint density at radius 1 is 1.12 bits per heavy atom. The first kappa shape index (κ1) is 28.9. The SMILES string of the molecule is CCCCOc1ccc(C(O)=C2C(=O)C(=O)N(c3nc(C)c(C(=O)OCC(C)C)s3)[C@@H]2c2ccc(F)cc2)cc1. The van der Waals surface area contributed by atoms with Crippen LogP contribution in [0.3, 0.4) is 0 Å². The number of halogens is 1. The van der Waals surface area contributed by atoms with E-state index in [9.17, 15) is 23.9 Å². The highest BCUT2D eigenvalue weighted by molar-refractivity contribution is 7.17. The Morgan fingerprint density at radius 2 is 1.80 bits per heavy atom. The van der Waals surface area contributed by atoms with Crippen molar-refractivity contribution in [3.63, 3.8) is 0 Å². The largest absolute Gasteiger partial charge is 0.507 e. The molecule has 1 aliphatic rings. The Hall–Kier alpha value is -4.05. The minimum atomic E-state index is -1.11. The van der Waals surface area contributed by atoms with Gasteiger partial charge in [-0.15, -0.1) is 0 Å². The number of benzene rings is 2. The second-order valence-corrected chi connectivity index (χ2v) is 10.8. The van der Waals surface area contributed by atoms with Crippen LogP contribution in [-0.4, -0.2) is 41.0 Å². The highest BCUT2D eigenvalue weighted by Gasteiger charge is 2.48. The molecule has 2 heterocycles. The molecule has 1 aliphatic heterocycles. The van der Waals surface area contributed by atoms with Crippen molar-refractivity contribution < 1.29 is 33.4 Å². The molecule has 1 amide bonds. The van der Waals surface area contributed by atoms with Crippen molar-refractivity contribution in [1.82, 2.24) is 4.98 Å². The van der Waals surface area contributed by atoms with Crippen LogP contribution in [0.2, 0.25) is 0 Å². The molecule has 1 saturated heterocycles. The number of unbranched alkanes of at least 4 members (excludes halogenated alkanes) is 1. The lowest BCUT2D eigenvalue weighted by molar-refractivity contribution is -0.132. The summed E-state index contributed by atoms with van der Waals surface area (Å²) in [5.74, 6) is -2.58. The van der Waals surface area contributed by atoms with Gasteiger partial charge in [0.1, 0.15) is 22.2 Å². The lowest BCUT2D eigenvalue weighted by Gasteiger charge is -2.23. The number of carbonyl (C=O) groups is 3. The van der Waals surface area contributed by atoms with E-state index < -0.39 is 29.5 Å². The molecule has 1 atom stereocenters. The summed E-state index contributed by atoms with van der Waals surface area (Å²) < 4.78 is 24.8. The minimum absolute atomic E-state index is 0.0872. The molecule has 1 N–H and O–H groups in total. The second-order valence-electron chi connectivity index (χ2n) is 9.85. The number of esters is 1. The Kier molecular flexibility index (Phi) is 8.99. The average molecular weight is 567 g/mol. The number of nitrogens with zero attached hydrogens (tertiary/aromatic N) is 2. The lowest BCUT2D eigenvalue weighted by atomic mass is 9.95. The average Bonchev–Trinajstić information content (AvgIpc) is 3.44. The summed E-state index contributed by atoms with van der Waals surface area (Å²) in [6, 6.07) is 10.7. The third-order valence-electron chi connectivity index (χ3n) is 6.25. The third-order valence-corrected chi connectivity index (χ3v) is 7.39. The smallest absolute Gasteiger partial charge is 0.350 e. The molecule has 1 fully saturated rings. The zero-order valence-electron chi connectivity index (χ0n) is 22.8. The maximum atomic E-state index is 13.8. The van der Waals surface area contributed by atoms with Crippen molar-refractivity contribution in [1.29, 1.82) is 0 Å². The van der Waals surface area contributed by atoms with Crippen LogP contribution in [0.5, 0.6) is 5.75 Å². The first-order valence-electron chi connectivity index (χ1n) is 13.1. The molecule has 40 heavy (non-hydrogen) atoms. The monoisotopic (exact) mass is 566 g/mol. The summed E-state index contributed by atoms with van der Waals surface area (Å²) in [4.78, 5) is 45.2. The molecule has 0 saturated carbocycles. The number of thiazole rings is 1. The molecule has 1 aromatic heterocycles. The number of ketones is 1. The standard InChI is InChI=1S/C30H31FN2O6S/c1-5-6-15-38-22-13-9-20(10-14-22)25(34)23-24(19-7-11-21(31)12-8-19)33(28(36)26(23)35)30-32-18(4)27(40-30)29(37)39-16-17(2)3/h7-14,17,24,34H,5-6,15-16H2,1-4H3/t24-/m1/s1. The lowest BCUT2D eigenvalue weighted by Crippen LogP contribution is -2.29. The number of anilines is 1. The fourth-order valence-electron chi connectivity index (χ4n) is 4.17. The summed E-state index contributed by atoms with van der Waals surface area (Å²) >= 11 is 0.917. The third kappa shape index (κ3) is 6.07.